The van der Waals surface area contributed by atoms with Crippen molar-refractivity contribution in [3.05, 3.63) is 35.9 Å². The Morgan fingerprint density at radius 1 is 0.875 bits per heavy atom. The lowest BCUT2D eigenvalue weighted by Gasteiger charge is -2.43. The maximum atomic E-state index is 10.6. The predicted molar refractivity (Wildman–Crippen MR) is 102 cm³/mol. The van der Waals surface area contributed by atoms with Gasteiger partial charge in [-0.1, -0.05) is 30.3 Å². The van der Waals surface area contributed by atoms with E-state index in [0.717, 1.165) is 0 Å². The van der Waals surface area contributed by atoms with E-state index in [2.05, 4.69) is 0 Å². The number of aliphatic hydroxyl groups excluding tert-OH is 7. The van der Waals surface area contributed by atoms with Crippen LogP contribution in [-0.4, -0.2) is 110 Å². The molecule has 0 aliphatic carbocycles. The zero-order chi connectivity index (χ0) is 23.4. The monoisotopic (exact) mass is 457 g/mol. The third kappa shape index (κ3) is 5.25. The van der Waals surface area contributed by atoms with Crippen molar-refractivity contribution in [2.24, 2.45) is 0 Å². The van der Waals surface area contributed by atoms with E-state index < -0.39 is 80.7 Å². The summed E-state index contributed by atoms with van der Waals surface area (Å²) in [7, 11) is 0. The smallest absolute Gasteiger partial charge is 0.186 e. The first kappa shape index (κ1) is 24.9. The summed E-state index contributed by atoms with van der Waals surface area (Å²) in [5, 5.41) is 79.0. The molecule has 0 saturated carbocycles. The van der Waals surface area contributed by atoms with Gasteiger partial charge in [0.25, 0.3) is 0 Å². The number of aliphatic hydroxyl groups is 7. The highest BCUT2D eigenvalue weighted by Crippen LogP contribution is 2.30. The number of rotatable bonds is 7. The Bertz CT molecular complexity index is 760. The van der Waals surface area contributed by atoms with E-state index in [1.165, 1.54) is 0 Å². The Kier molecular flexibility index (Phi) is 8.50. The highest BCUT2D eigenvalue weighted by Gasteiger charge is 2.48. The first-order chi connectivity index (χ1) is 15.3. The molecule has 0 amide bonds. The van der Waals surface area contributed by atoms with Gasteiger partial charge in [0, 0.05) is 0 Å². The van der Waals surface area contributed by atoms with Crippen molar-refractivity contribution in [3.8, 4) is 6.07 Å². The van der Waals surface area contributed by atoms with Crippen molar-refractivity contribution in [1.29, 1.82) is 5.26 Å². The van der Waals surface area contributed by atoms with E-state index in [4.69, 9.17) is 18.9 Å². The maximum Gasteiger partial charge on any atom is 0.186 e. The first-order valence-corrected chi connectivity index (χ1v) is 10.00. The SMILES string of the molecule is N#CC(OC1C(CO)OC(OCC2OC(O)C(O)C(O)C2O)C(O)C1O)c1ccccc1. The minimum absolute atomic E-state index is 0.495. The average molecular weight is 457 g/mol. The third-order valence-corrected chi connectivity index (χ3v) is 5.45. The second-order valence-corrected chi connectivity index (χ2v) is 7.60. The van der Waals surface area contributed by atoms with Crippen LogP contribution in [0.4, 0.5) is 0 Å². The summed E-state index contributed by atoms with van der Waals surface area (Å²) in [6, 6.07) is 10.4. The molecule has 2 aliphatic rings. The standard InChI is InChI=1S/C20H27NO11/c21-6-10(9-4-2-1-3-5-9)30-18-11(7-22)32-20(17(27)15(18)25)29-8-12-13(23)14(24)16(26)19(28)31-12/h1-5,10-20,22-28H,7-8H2. The van der Waals surface area contributed by atoms with Gasteiger partial charge in [-0.3, -0.25) is 0 Å². The summed E-state index contributed by atoms with van der Waals surface area (Å²) in [6.45, 7) is -1.13. The molecule has 32 heavy (non-hydrogen) atoms. The second-order valence-electron chi connectivity index (χ2n) is 7.60. The van der Waals surface area contributed by atoms with Gasteiger partial charge in [0.15, 0.2) is 18.7 Å². The average Bonchev–Trinajstić information content (AvgIpc) is 2.81. The summed E-state index contributed by atoms with van der Waals surface area (Å²) < 4.78 is 21.5. The molecule has 3 rings (SSSR count). The van der Waals surface area contributed by atoms with Crippen LogP contribution >= 0.6 is 0 Å². The zero-order valence-electron chi connectivity index (χ0n) is 16.9. The van der Waals surface area contributed by atoms with Crippen molar-refractivity contribution in [2.75, 3.05) is 13.2 Å². The van der Waals surface area contributed by atoms with E-state index >= 15 is 0 Å². The topological polar surface area (TPSA) is 202 Å². The van der Waals surface area contributed by atoms with Crippen LogP contribution in [0.5, 0.6) is 0 Å². The molecular weight excluding hydrogens is 430 g/mol. The van der Waals surface area contributed by atoms with Gasteiger partial charge in [-0.15, -0.1) is 0 Å². The lowest BCUT2D eigenvalue weighted by molar-refractivity contribution is -0.331. The molecule has 1 aromatic rings. The number of nitriles is 1. The maximum absolute atomic E-state index is 10.6. The molecule has 11 atom stereocenters. The van der Waals surface area contributed by atoms with Crippen LogP contribution in [0, 0.1) is 11.3 Å². The van der Waals surface area contributed by atoms with Crippen molar-refractivity contribution < 1.29 is 54.7 Å². The molecule has 2 saturated heterocycles. The van der Waals surface area contributed by atoms with Crippen molar-refractivity contribution in [1.82, 2.24) is 0 Å². The Morgan fingerprint density at radius 3 is 2.19 bits per heavy atom. The lowest BCUT2D eigenvalue weighted by Crippen LogP contribution is -2.62. The lowest BCUT2D eigenvalue weighted by atomic mass is 9.97. The summed E-state index contributed by atoms with van der Waals surface area (Å²) in [5.74, 6) is 0. The van der Waals surface area contributed by atoms with E-state index in [0.29, 0.717) is 5.56 Å². The number of nitrogens with zero attached hydrogens (tertiary/aromatic N) is 1. The van der Waals surface area contributed by atoms with Gasteiger partial charge >= 0.3 is 0 Å². The number of hydrogen-bond acceptors (Lipinski definition) is 12. The number of ether oxygens (including phenoxy) is 4. The molecule has 0 bridgehead atoms. The van der Waals surface area contributed by atoms with Gasteiger partial charge in [0.2, 0.25) is 0 Å². The molecule has 7 N–H and O–H groups in total. The van der Waals surface area contributed by atoms with Crippen LogP contribution in [0.3, 0.4) is 0 Å². The number of hydrogen-bond donors (Lipinski definition) is 7. The Hall–Kier alpha value is -1.73. The van der Waals surface area contributed by atoms with Gasteiger partial charge in [-0.05, 0) is 5.56 Å². The van der Waals surface area contributed by atoms with Gasteiger partial charge < -0.3 is 54.7 Å². The molecule has 0 aromatic heterocycles. The molecule has 12 nitrogen and oxygen atoms in total. The molecular formula is C20H27NO11. The van der Waals surface area contributed by atoms with Crippen molar-refractivity contribution >= 4 is 0 Å². The van der Waals surface area contributed by atoms with Gasteiger partial charge in [0.1, 0.15) is 48.8 Å². The van der Waals surface area contributed by atoms with Crippen LogP contribution in [0.1, 0.15) is 11.7 Å². The predicted octanol–water partition coefficient (Wildman–Crippen LogP) is -3.11. The largest absolute Gasteiger partial charge is 0.394 e. The second kappa shape index (κ2) is 10.9. The highest BCUT2D eigenvalue weighted by atomic mass is 16.7. The highest BCUT2D eigenvalue weighted by molar-refractivity contribution is 5.22. The molecule has 2 fully saturated rings. The molecule has 1 aromatic carbocycles. The van der Waals surface area contributed by atoms with Crippen LogP contribution < -0.4 is 0 Å². The van der Waals surface area contributed by atoms with E-state index in [1.54, 1.807) is 30.3 Å². The number of benzene rings is 1. The summed E-state index contributed by atoms with van der Waals surface area (Å²) in [6.07, 6.45) is -16.4. The summed E-state index contributed by atoms with van der Waals surface area (Å²) in [5.41, 5.74) is 0.509. The van der Waals surface area contributed by atoms with Crippen LogP contribution in [-0.2, 0) is 18.9 Å². The Balaban J connectivity index is 1.64. The normalized spacial score (nSPS) is 41.1. The molecule has 12 heteroatoms. The fourth-order valence-electron chi connectivity index (χ4n) is 3.59. The van der Waals surface area contributed by atoms with E-state index in [9.17, 15) is 41.0 Å². The van der Waals surface area contributed by atoms with Gasteiger partial charge in [-0.2, -0.15) is 5.26 Å². The van der Waals surface area contributed by atoms with Crippen LogP contribution in [0.15, 0.2) is 30.3 Å². The van der Waals surface area contributed by atoms with Crippen molar-refractivity contribution in [3.63, 3.8) is 0 Å². The Morgan fingerprint density at radius 2 is 1.56 bits per heavy atom. The summed E-state index contributed by atoms with van der Waals surface area (Å²) in [4.78, 5) is 0. The molecule has 2 heterocycles. The molecule has 178 valence electrons. The van der Waals surface area contributed by atoms with Crippen molar-refractivity contribution in [2.45, 2.75) is 67.5 Å². The quantitative estimate of drug-likeness (QED) is 0.218. The van der Waals surface area contributed by atoms with Crippen LogP contribution in [0.2, 0.25) is 0 Å². The van der Waals surface area contributed by atoms with E-state index in [-0.39, 0.29) is 0 Å². The summed E-state index contributed by atoms with van der Waals surface area (Å²) >= 11 is 0. The fourth-order valence-corrected chi connectivity index (χ4v) is 3.59. The minimum Gasteiger partial charge on any atom is -0.394 e. The molecule has 11 unspecified atom stereocenters. The molecule has 2 aliphatic heterocycles. The first-order valence-electron chi connectivity index (χ1n) is 10.00. The van der Waals surface area contributed by atoms with Gasteiger partial charge in [0.05, 0.1) is 19.3 Å². The van der Waals surface area contributed by atoms with Crippen LogP contribution in [0.25, 0.3) is 0 Å². The Labute approximate surface area is 183 Å². The fraction of sp³-hybridized carbons (Fsp3) is 0.650. The minimum atomic E-state index is -1.77. The zero-order valence-corrected chi connectivity index (χ0v) is 16.9. The third-order valence-electron chi connectivity index (χ3n) is 5.45. The molecule has 0 radical (unpaired) electrons. The van der Waals surface area contributed by atoms with E-state index in [1.807, 2.05) is 6.07 Å². The molecule has 0 spiro atoms. The van der Waals surface area contributed by atoms with Gasteiger partial charge in [-0.25, -0.2) is 0 Å².